The van der Waals surface area contributed by atoms with E-state index in [-0.39, 0.29) is 0 Å². The van der Waals surface area contributed by atoms with E-state index < -0.39 is 0 Å². The summed E-state index contributed by atoms with van der Waals surface area (Å²) in [7, 11) is 0. The molecule has 0 aromatic carbocycles. The number of hydrogen-bond donors (Lipinski definition) is 2. The number of nitrogens with zero attached hydrogens (tertiary/aromatic N) is 2. The average molecular weight is 190 g/mol. The number of fused-ring (bicyclic) bond motifs is 2. The van der Waals surface area contributed by atoms with Crippen molar-refractivity contribution in [1.29, 1.82) is 0 Å². The third kappa shape index (κ3) is 1.02. The lowest BCUT2D eigenvalue weighted by molar-refractivity contribution is 0.307. The van der Waals surface area contributed by atoms with Gasteiger partial charge in [0.05, 0.1) is 19.0 Å². The van der Waals surface area contributed by atoms with Crippen molar-refractivity contribution in [2.45, 2.75) is 6.42 Å². The zero-order valence-corrected chi connectivity index (χ0v) is 7.58. The van der Waals surface area contributed by atoms with Gasteiger partial charge in [0.15, 0.2) is 0 Å². The van der Waals surface area contributed by atoms with Crippen molar-refractivity contribution in [3.63, 3.8) is 0 Å². The summed E-state index contributed by atoms with van der Waals surface area (Å²) in [6.07, 6.45) is 4.20. The summed E-state index contributed by atoms with van der Waals surface area (Å²) < 4.78 is 5.49. The van der Waals surface area contributed by atoms with Crippen LogP contribution >= 0.6 is 0 Å². The lowest BCUT2D eigenvalue weighted by Gasteiger charge is -2.06. The standard InChI is InChI=1S/C9H10N4O/c1-4-14-9-8(10-2-3-11-9)7-6(1)12-5-13-7/h2-3,12-13H,1,4-5H2. The van der Waals surface area contributed by atoms with Crippen molar-refractivity contribution in [3.8, 4) is 5.88 Å². The Morgan fingerprint density at radius 3 is 3.14 bits per heavy atom. The van der Waals surface area contributed by atoms with Crippen molar-refractivity contribution < 1.29 is 4.74 Å². The molecule has 5 heteroatoms. The molecular formula is C9H10N4O. The molecular weight excluding hydrogens is 180 g/mol. The molecule has 0 spiro atoms. The summed E-state index contributed by atoms with van der Waals surface area (Å²) in [5.41, 5.74) is 3.01. The van der Waals surface area contributed by atoms with E-state index in [0.29, 0.717) is 12.5 Å². The fourth-order valence-electron chi connectivity index (χ4n) is 1.73. The van der Waals surface area contributed by atoms with Crippen LogP contribution in [-0.4, -0.2) is 23.2 Å². The van der Waals surface area contributed by atoms with E-state index in [1.165, 1.54) is 5.70 Å². The van der Waals surface area contributed by atoms with Crippen molar-refractivity contribution in [1.82, 2.24) is 20.6 Å². The molecule has 0 amide bonds. The predicted octanol–water partition coefficient (Wildman–Crippen LogP) is 0.0780. The highest BCUT2D eigenvalue weighted by atomic mass is 16.5. The van der Waals surface area contributed by atoms with Crippen LogP contribution in [0, 0.1) is 0 Å². The quantitative estimate of drug-likeness (QED) is 0.606. The van der Waals surface area contributed by atoms with E-state index in [1.807, 2.05) is 0 Å². The Morgan fingerprint density at radius 1 is 1.21 bits per heavy atom. The summed E-state index contributed by atoms with van der Waals surface area (Å²) in [5, 5.41) is 6.50. The first-order valence-corrected chi connectivity index (χ1v) is 4.60. The van der Waals surface area contributed by atoms with Crippen LogP contribution in [0.15, 0.2) is 18.1 Å². The Balaban J connectivity index is 2.16. The van der Waals surface area contributed by atoms with Crippen LogP contribution in [0.5, 0.6) is 5.88 Å². The Bertz CT molecular complexity index is 402. The number of hydrogen-bond acceptors (Lipinski definition) is 5. The van der Waals surface area contributed by atoms with Crippen LogP contribution in [0.25, 0.3) is 5.70 Å². The van der Waals surface area contributed by atoms with Crippen LogP contribution in [-0.2, 0) is 0 Å². The fraction of sp³-hybridized carbons (Fsp3) is 0.333. The van der Waals surface area contributed by atoms with Gasteiger partial charge in [0.1, 0.15) is 5.69 Å². The monoisotopic (exact) mass is 190 g/mol. The van der Waals surface area contributed by atoms with Gasteiger partial charge in [0, 0.05) is 24.5 Å². The first-order valence-electron chi connectivity index (χ1n) is 4.60. The largest absolute Gasteiger partial charge is 0.476 e. The van der Waals surface area contributed by atoms with Gasteiger partial charge in [-0.2, -0.15) is 0 Å². The third-order valence-corrected chi connectivity index (χ3v) is 2.36. The molecule has 5 nitrogen and oxygen atoms in total. The van der Waals surface area contributed by atoms with Gasteiger partial charge in [-0.15, -0.1) is 0 Å². The Labute approximate surface area is 81.2 Å². The topological polar surface area (TPSA) is 59.1 Å². The molecule has 1 aromatic heterocycles. The molecule has 0 fully saturated rings. The van der Waals surface area contributed by atoms with Crippen LogP contribution in [0.4, 0.5) is 0 Å². The molecule has 2 aliphatic rings. The average Bonchev–Trinajstić information content (AvgIpc) is 2.61. The van der Waals surface area contributed by atoms with Gasteiger partial charge < -0.3 is 15.4 Å². The summed E-state index contributed by atoms with van der Waals surface area (Å²) in [6.45, 7) is 1.42. The first kappa shape index (κ1) is 7.61. The van der Waals surface area contributed by atoms with Crippen molar-refractivity contribution in [3.05, 3.63) is 23.8 Å². The zero-order valence-electron chi connectivity index (χ0n) is 7.58. The summed E-state index contributed by atoms with van der Waals surface area (Å²) >= 11 is 0. The lowest BCUT2D eigenvalue weighted by atomic mass is 10.2. The Kier molecular flexibility index (Phi) is 1.56. The van der Waals surface area contributed by atoms with Crippen LogP contribution in [0.3, 0.4) is 0 Å². The SMILES string of the molecule is c1cnc2c(n1)OCCC1=C2NCN1. The molecule has 2 aliphatic heterocycles. The molecule has 0 aliphatic carbocycles. The van der Waals surface area contributed by atoms with Gasteiger partial charge in [-0.3, -0.25) is 0 Å². The maximum absolute atomic E-state index is 5.49. The molecule has 3 heterocycles. The Morgan fingerprint density at radius 2 is 2.14 bits per heavy atom. The minimum absolute atomic E-state index is 0.619. The minimum atomic E-state index is 0.619. The third-order valence-electron chi connectivity index (χ3n) is 2.36. The van der Waals surface area contributed by atoms with E-state index in [2.05, 4.69) is 20.6 Å². The van der Waals surface area contributed by atoms with Crippen LogP contribution in [0.2, 0.25) is 0 Å². The van der Waals surface area contributed by atoms with E-state index >= 15 is 0 Å². The van der Waals surface area contributed by atoms with Crippen molar-refractivity contribution in [2.24, 2.45) is 0 Å². The highest BCUT2D eigenvalue weighted by molar-refractivity contribution is 5.69. The van der Waals surface area contributed by atoms with Crippen LogP contribution in [0.1, 0.15) is 12.1 Å². The van der Waals surface area contributed by atoms with E-state index in [0.717, 1.165) is 24.5 Å². The second-order valence-corrected chi connectivity index (χ2v) is 3.19. The van der Waals surface area contributed by atoms with E-state index in [9.17, 15) is 0 Å². The maximum atomic E-state index is 5.49. The van der Waals surface area contributed by atoms with Crippen molar-refractivity contribution in [2.75, 3.05) is 13.3 Å². The summed E-state index contributed by atoms with van der Waals surface area (Å²) in [6, 6.07) is 0. The predicted molar refractivity (Wildman–Crippen MR) is 50.2 cm³/mol. The first-order chi connectivity index (χ1) is 6.95. The van der Waals surface area contributed by atoms with Crippen molar-refractivity contribution >= 4 is 5.70 Å². The highest BCUT2D eigenvalue weighted by Gasteiger charge is 2.23. The number of aromatic nitrogens is 2. The van der Waals surface area contributed by atoms with Gasteiger partial charge in [-0.05, 0) is 0 Å². The fourth-order valence-corrected chi connectivity index (χ4v) is 1.73. The molecule has 0 radical (unpaired) electrons. The van der Waals surface area contributed by atoms with Gasteiger partial charge in [0.25, 0.3) is 0 Å². The lowest BCUT2D eigenvalue weighted by Crippen LogP contribution is -2.17. The van der Waals surface area contributed by atoms with Crippen LogP contribution < -0.4 is 15.4 Å². The van der Waals surface area contributed by atoms with Gasteiger partial charge in [0.2, 0.25) is 5.88 Å². The molecule has 0 saturated heterocycles. The molecule has 1 aromatic rings. The molecule has 3 rings (SSSR count). The molecule has 0 saturated carbocycles. The van der Waals surface area contributed by atoms with Gasteiger partial charge >= 0.3 is 0 Å². The molecule has 72 valence electrons. The summed E-state index contributed by atoms with van der Waals surface area (Å²) in [4.78, 5) is 8.43. The molecule has 2 N–H and O–H groups in total. The maximum Gasteiger partial charge on any atom is 0.242 e. The van der Waals surface area contributed by atoms with Gasteiger partial charge in [-0.1, -0.05) is 0 Å². The smallest absolute Gasteiger partial charge is 0.242 e. The highest BCUT2D eigenvalue weighted by Crippen LogP contribution is 2.27. The zero-order chi connectivity index (χ0) is 9.38. The number of nitrogens with one attached hydrogen (secondary N) is 2. The van der Waals surface area contributed by atoms with Gasteiger partial charge in [-0.25, -0.2) is 9.97 Å². The molecule has 14 heavy (non-hydrogen) atoms. The number of ether oxygens (including phenoxy) is 1. The molecule has 0 bridgehead atoms. The summed E-state index contributed by atoms with van der Waals surface area (Å²) in [5.74, 6) is 0.619. The Hall–Kier alpha value is -1.78. The second-order valence-electron chi connectivity index (χ2n) is 3.19. The molecule has 0 unspecified atom stereocenters. The molecule has 0 atom stereocenters. The van der Waals surface area contributed by atoms with E-state index in [4.69, 9.17) is 4.74 Å². The minimum Gasteiger partial charge on any atom is -0.476 e. The van der Waals surface area contributed by atoms with E-state index in [1.54, 1.807) is 12.4 Å². The normalized spacial score (nSPS) is 18.6. The number of rotatable bonds is 0. The second kappa shape index (κ2) is 2.87.